The van der Waals surface area contributed by atoms with Gasteiger partial charge >= 0.3 is 0 Å². The molecule has 0 radical (unpaired) electrons. The van der Waals surface area contributed by atoms with E-state index in [0.717, 1.165) is 22.5 Å². The van der Waals surface area contributed by atoms with Crippen LogP contribution in [0.4, 0.5) is 0 Å². The number of nitrogens with zero attached hydrogens (tertiary/aromatic N) is 1. The van der Waals surface area contributed by atoms with Gasteiger partial charge in [0.2, 0.25) is 0 Å². The first-order chi connectivity index (χ1) is 11.1. The Morgan fingerprint density at radius 1 is 1.09 bits per heavy atom. The lowest BCUT2D eigenvalue weighted by atomic mass is 10.1. The zero-order valence-electron chi connectivity index (χ0n) is 12.8. The lowest BCUT2D eigenvalue weighted by Gasteiger charge is -2.12. The zero-order valence-corrected chi connectivity index (χ0v) is 13.5. The van der Waals surface area contributed by atoms with Crippen molar-refractivity contribution in [2.75, 3.05) is 0 Å². The third-order valence-electron chi connectivity index (χ3n) is 3.96. The molecule has 0 saturated heterocycles. The number of carbonyl (C=O) groups is 1. The molecule has 0 aliphatic heterocycles. The van der Waals surface area contributed by atoms with Gasteiger partial charge in [0, 0.05) is 23.0 Å². The molecule has 1 heterocycles. The number of nitrogens with two attached hydrogens (primary N) is 1. The second-order valence-corrected chi connectivity index (χ2v) is 5.91. The molecule has 0 aliphatic carbocycles. The first kappa shape index (κ1) is 15.4. The number of amides is 1. The summed E-state index contributed by atoms with van der Waals surface area (Å²) in [6, 6.07) is 19.6. The van der Waals surface area contributed by atoms with Crippen LogP contribution in [0.25, 0.3) is 11.3 Å². The minimum absolute atomic E-state index is 0.412. The SMILES string of the molecule is Cc1c(C(N)=O)cc(-c2ccc(Cl)cc2)n1Cc1ccccc1. The van der Waals surface area contributed by atoms with Gasteiger partial charge < -0.3 is 10.3 Å². The molecule has 1 aromatic heterocycles. The minimum atomic E-state index is -0.412. The van der Waals surface area contributed by atoms with Gasteiger partial charge in [0.25, 0.3) is 5.91 Å². The van der Waals surface area contributed by atoms with Crippen LogP contribution in [0.15, 0.2) is 60.7 Å². The molecule has 0 saturated carbocycles. The fourth-order valence-corrected chi connectivity index (χ4v) is 2.85. The number of rotatable bonds is 4. The van der Waals surface area contributed by atoms with Gasteiger partial charge in [-0.2, -0.15) is 0 Å². The summed E-state index contributed by atoms with van der Waals surface area (Å²) in [6.07, 6.45) is 0. The van der Waals surface area contributed by atoms with Gasteiger partial charge in [-0.15, -0.1) is 0 Å². The molecule has 4 heteroatoms. The van der Waals surface area contributed by atoms with E-state index in [1.165, 1.54) is 0 Å². The molecule has 3 aromatic rings. The molecule has 3 rings (SSSR count). The summed E-state index contributed by atoms with van der Waals surface area (Å²) >= 11 is 5.97. The van der Waals surface area contributed by atoms with Crippen LogP contribution in [0.1, 0.15) is 21.6 Å². The molecule has 2 N–H and O–H groups in total. The molecular formula is C19H17ClN2O. The van der Waals surface area contributed by atoms with Crippen LogP contribution < -0.4 is 5.73 Å². The minimum Gasteiger partial charge on any atom is -0.366 e. The van der Waals surface area contributed by atoms with Crippen LogP contribution >= 0.6 is 11.6 Å². The zero-order chi connectivity index (χ0) is 16.4. The van der Waals surface area contributed by atoms with Crippen LogP contribution in [0.2, 0.25) is 5.02 Å². The summed E-state index contributed by atoms with van der Waals surface area (Å²) in [6.45, 7) is 2.60. The summed E-state index contributed by atoms with van der Waals surface area (Å²) in [4.78, 5) is 11.7. The van der Waals surface area contributed by atoms with Crippen molar-refractivity contribution in [3.63, 3.8) is 0 Å². The highest BCUT2D eigenvalue weighted by molar-refractivity contribution is 6.30. The van der Waals surface area contributed by atoms with Crippen molar-refractivity contribution < 1.29 is 4.79 Å². The number of primary amides is 1. The molecular weight excluding hydrogens is 308 g/mol. The van der Waals surface area contributed by atoms with E-state index >= 15 is 0 Å². The molecule has 23 heavy (non-hydrogen) atoms. The van der Waals surface area contributed by atoms with Gasteiger partial charge in [0.05, 0.1) is 5.56 Å². The van der Waals surface area contributed by atoms with Crippen molar-refractivity contribution in [2.45, 2.75) is 13.5 Å². The van der Waals surface area contributed by atoms with E-state index in [9.17, 15) is 4.79 Å². The molecule has 2 aromatic carbocycles. The summed E-state index contributed by atoms with van der Waals surface area (Å²) in [7, 11) is 0. The third-order valence-corrected chi connectivity index (χ3v) is 4.21. The van der Waals surface area contributed by atoms with Crippen molar-refractivity contribution in [3.05, 3.63) is 82.5 Å². The summed E-state index contributed by atoms with van der Waals surface area (Å²) in [5.74, 6) is -0.412. The molecule has 0 atom stereocenters. The predicted octanol–water partition coefficient (Wildman–Crippen LogP) is 4.26. The van der Waals surface area contributed by atoms with Crippen LogP contribution in [-0.4, -0.2) is 10.5 Å². The van der Waals surface area contributed by atoms with E-state index in [4.69, 9.17) is 17.3 Å². The summed E-state index contributed by atoms with van der Waals surface area (Å²) in [5, 5.41) is 0.682. The lowest BCUT2D eigenvalue weighted by molar-refractivity contribution is 0.0999. The van der Waals surface area contributed by atoms with Crippen LogP contribution in [-0.2, 0) is 6.54 Å². The predicted molar refractivity (Wildman–Crippen MR) is 93.7 cm³/mol. The Morgan fingerprint density at radius 2 is 1.74 bits per heavy atom. The van der Waals surface area contributed by atoms with Crippen molar-refractivity contribution >= 4 is 17.5 Å². The Balaban J connectivity index is 2.12. The number of hydrogen-bond donors (Lipinski definition) is 1. The Labute approximate surface area is 140 Å². The number of benzene rings is 2. The van der Waals surface area contributed by atoms with Crippen LogP contribution in [0.5, 0.6) is 0 Å². The van der Waals surface area contributed by atoms with E-state index < -0.39 is 5.91 Å². The average Bonchev–Trinajstić information content (AvgIpc) is 2.87. The van der Waals surface area contributed by atoms with Gasteiger partial charge in [-0.25, -0.2) is 0 Å². The van der Waals surface area contributed by atoms with E-state index in [0.29, 0.717) is 17.1 Å². The Bertz CT molecular complexity index is 836. The van der Waals surface area contributed by atoms with Gasteiger partial charge in [0.15, 0.2) is 0 Å². The average molecular weight is 325 g/mol. The lowest BCUT2D eigenvalue weighted by Crippen LogP contribution is -2.12. The highest BCUT2D eigenvalue weighted by Crippen LogP contribution is 2.28. The van der Waals surface area contributed by atoms with Gasteiger partial charge in [-0.3, -0.25) is 4.79 Å². The second-order valence-electron chi connectivity index (χ2n) is 5.47. The molecule has 0 fully saturated rings. The van der Waals surface area contributed by atoms with Crippen LogP contribution in [0.3, 0.4) is 0 Å². The van der Waals surface area contributed by atoms with Crippen molar-refractivity contribution in [1.82, 2.24) is 4.57 Å². The Hall–Kier alpha value is -2.52. The Morgan fingerprint density at radius 3 is 2.35 bits per heavy atom. The van der Waals surface area contributed by atoms with Gasteiger partial charge in [-0.1, -0.05) is 54.1 Å². The van der Waals surface area contributed by atoms with Crippen molar-refractivity contribution in [1.29, 1.82) is 0 Å². The highest BCUT2D eigenvalue weighted by atomic mass is 35.5. The molecule has 0 bridgehead atoms. The number of aromatic nitrogens is 1. The van der Waals surface area contributed by atoms with E-state index in [1.54, 1.807) is 0 Å². The quantitative estimate of drug-likeness (QED) is 0.765. The third kappa shape index (κ3) is 3.15. The van der Waals surface area contributed by atoms with Crippen molar-refractivity contribution in [2.24, 2.45) is 5.73 Å². The highest BCUT2D eigenvalue weighted by Gasteiger charge is 2.16. The molecule has 3 nitrogen and oxygen atoms in total. The monoisotopic (exact) mass is 324 g/mol. The first-order valence-electron chi connectivity index (χ1n) is 7.36. The molecule has 1 amide bonds. The maximum Gasteiger partial charge on any atom is 0.250 e. The molecule has 116 valence electrons. The topological polar surface area (TPSA) is 48.0 Å². The van der Waals surface area contributed by atoms with Gasteiger partial charge in [-0.05, 0) is 36.2 Å². The van der Waals surface area contributed by atoms with Crippen LogP contribution in [0, 0.1) is 6.92 Å². The van der Waals surface area contributed by atoms with Gasteiger partial charge in [0.1, 0.15) is 0 Å². The fourth-order valence-electron chi connectivity index (χ4n) is 2.72. The maximum atomic E-state index is 11.7. The van der Waals surface area contributed by atoms with E-state index in [1.807, 2.05) is 55.5 Å². The van der Waals surface area contributed by atoms with Crippen molar-refractivity contribution in [3.8, 4) is 11.3 Å². The Kier molecular flexibility index (Phi) is 4.22. The smallest absolute Gasteiger partial charge is 0.250 e. The fraction of sp³-hybridized carbons (Fsp3) is 0.105. The van der Waals surface area contributed by atoms with E-state index in [2.05, 4.69) is 16.7 Å². The molecule has 0 unspecified atom stereocenters. The first-order valence-corrected chi connectivity index (χ1v) is 7.74. The standard InChI is InChI=1S/C19H17ClN2O/c1-13-17(19(21)23)11-18(15-7-9-16(20)10-8-15)22(13)12-14-5-3-2-4-6-14/h2-11H,12H2,1H3,(H2,21,23). The second kappa shape index (κ2) is 6.31. The van der Waals surface area contributed by atoms with E-state index in [-0.39, 0.29) is 0 Å². The molecule has 0 aliphatic rings. The summed E-state index contributed by atoms with van der Waals surface area (Å²) < 4.78 is 2.11. The number of hydrogen-bond acceptors (Lipinski definition) is 1. The number of carbonyl (C=O) groups excluding carboxylic acids is 1. The normalized spacial score (nSPS) is 10.7. The number of halogens is 1. The maximum absolute atomic E-state index is 11.7. The summed E-state index contributed by atoms with van der Waals surface area (Å²) in [5.41, 5.74) is 10.1. The molecule has 0 spiro atoms. The largest absolute Gasteiger partial charge is 0.366 e.